The lowest BCUT2D eigenvalue weighted by Gasteiger charge is -2.32. The van der Waals surface area contributed by atoms with Gasteiger partial charge in [-0.05, 0) is 32.6 Å². The molecule has 1 aliphatic carbocycles. The van der Waals surface area contributed by atoms with Crippen LogP contribution in [-0.2, 0) is 0 Å². The molecule has 15 heavy (non-hydrogen) atoms. The van der Waals surface area contributed by atoms with Crippen molar-refractivity contribution in [3.63, 3.8) is 0 Å². The molecule has 0 aromatic rings. The zero-order chi connectivity index (χ0) is 11.3. The van der Waals surface area contributed by atoms with E-state index >= 15 is 0 Å². The van der Waals surface area contributed by atoms with Gasteiger partial charge in [0.25, 0.3) is 0 Å². The molecule has 0 amide bonds. The molecule has 3 atom stereocenters. The molecule has 0 spiro atoms. The second-order valence-corrected chi connectivity index (χ2v) is 5.19. The summed E-state index contributed by atoms with van der Waals surface area (Å²) < 4.78 is 0. The van der Waals surface area contributed by atoms with Gasteiger partial charge in [0.1, 0.15) is 0 Å². The van der Waals surface area contributed by atoms with Crippen molar-refractivity contribution in [2.24, 2.45) is 5.41 Å². The molecule has 1 saturated carbocycles. The van der Waals surface area contributed by atoms with Crippen LogP contribution in [0.5, 0.6) is 0 Å². The SMILES string of the molecule is CC(CCCO)NC1CCCC1(C)CO. The van der Waals surface area contributed by atoms with Crippen LogP contribution in [0, 0.1) is 5.41 Å². The largest absolute Gasteiger partial charge is 0.396 e. The van der Waals surface area contributed by atoms with Gasteiger partial charge in [-0.3, -0.25) is 0 Å². The van der Waals surface area contributed by atoms with Gasteiger partial charge in [-0.1, -0.05) is 13.3 Å². The topological polar surface area (TPSA) is 52.5 Å². The zero-order valence-electron chi connectivity index (χ0n) is 10.00. The highest BCUT2D eigenvalue weighted by Gasteiger charge is 2.38. The standard InChI is InChI=1S/C12H25NO2/c1-10(5-4-8-14)13-11-6-3-7-12(11,2)9-15/h10-11,13-15H,3-9H2,1-2H3. The number of aliphatic hydroxyl groups excluding tert-OH is 2. The summed E-state index contributed by atoms with van der Waals surface area (Å²) in [5.41, 5.74) is 0.0630. The second kappa shape index (κ2) is 5.83. The lowest BCUT2D eigenvalue weighted by molar-refractivity contribution is 0.113. The quantitative estimate of drug-likeness (QED) is 0.626. The summed E-state index contributed by atoms with van der Waals surface area (Å²) in [6.07, 6.45) is 5.36. The van der Waals surface area contributed by atoms with Gasteiger partial charge in [-0.25, -0.2) is 0 Å². The van der Waals surface area contributed by atoms with E-state index in [0.29, 0.717) is 12.1 Å². The van der Waals surface area contributed by atoms with Gasteiger partial charge in [0.15, 0.2) is 0 Å². The molecule has 0 heterocycles. The van der Waals surface area contributed by atoms with Crippen molar-refractivity contribution in [2.75, 3.05) is 13.2 Å². The fraction of sp³-hybridized carbons (Fsp3) is 1.00. The van der Waals surface area contributed by atoms with Crippen molar-refractivity contribution in [1.29, 1.82) is 0 Å². The Balaban J connectivity index is 2.36. The van der Waals surface area contributed by atoms with Gasteiger partial charge in [0.2, 0.25) is 0 Å². The molecule has 3 unspecified atom stereocenters. The normalized spacial score (nSPS) is 33.2. The van der Waals surface area contributed by atoms with Crippen LogP contribution in [0.1, 0.15) is 46.0 Å². The molecule has 1 rings (SSSR count). The summed E-state index contributed by atoms with van der Waals surface area (Å²) >= 11 is 0. The molecule has 0 saturated heterocycles. The van der Waals surface area contributed by atoms with Crippen LogP contribution in [0.3, 0.4) is 0 Å². The van der Waals surface area contributed by atoms with Crippen LogP contribution in [0.4, 0.5) is 0 Å². The first-order chi connectivity index (χ1) is 7.12. The molecule has 0 aliphatic heterocycles. The lowest BCUT2D eigenvalue weighted by atomic mass is 9.85. The van der Waals surface area contributed by atoms with E-state index in [1.807, 2.05) is 0 Å². The Morgan fingerprint density at radius 2 is 2.20 bits per heavy atom. The Morgan fingerprint density at radius 3 is 2.80 bits per heavy atom. The summed E-state index contributed by atoms with van der Waals surface area (Å²) in [4.78, 5) is 0. The summed E-state index contributed by atoms with van der Waals surface area (Å²) in [6, 6.07) is 0.877. The van der Waals surface area contributed by atoms with Crippen LogP contribution in [0.2, 0.25) is 0 Å². The Labute approximate surface area is 92.9 Å². The highest BCUT2D eigenvalue weighted by molar-refractivity contribution is 4.93. The second-order valence-electron chi connectivity index (χ2n) is 5.19. The number of nitrogens with one attached hydrogen (secondary N) is 1. The third-order valence-corrected chi connectivity index (χ3v) is 3.72. The predicted molar refractivity (Wildman–Crippen MR) is 61.7 cm³/mol. The molecule has 3 nitrogen and oxygen atoms in total. The molecule has 0 aromatic carbocycles. The maximum Gasteiger partial charge on any atom is 0.0499 e. The minimum absolute atomic E-state index is 0.0630. The third-order valence-electron chi connectivity index (χ3n) is 3.72. The van der Waals surface area contributed by atoms with E-state index in [-0.39, 0.29) is 18.6 Å². The van der Waals surface area contributed by atoms with Crippen molar-refractivity contribution in [3.05, 3.63) is 0 Å². The predicted octanol–water partition coefficient (Wildman–Crippen LogP) is 1.29. The van der Waals surface area contributed by atoms with Gasteiger partial charge in [0.05, 0.1) is 0 Å². The highest BCUT2D eigenvalue weighted by Crippen LogP contribution is 2.37. The van der Waals surface area contributed by atoms with E-state index in [2.05, 4.69) is 19.2 Å². The van der Waals surface area contributed by atoms with Gasteiger partial charge in [-0.2, -0.15) is 0 Å². The Morgan fingerprint density at radius 1 is 1.47 bits per heavy atom. The summed E-state index contributed by atoms with van der Waals surface area (Å²) in [7, 11) is 0. The van der Waals surface area contributed by atoms with Crippen LogP contribution in [0.25, 0.3) is 0 Å². The molecular weight excluding hydrogens is 190 g/mol. The number of aliphatic hydroxyl groups is 2. The Bertz CT molecular complexity index is 186. The Kier molecular flexibility index (Phi) is 5.03. The van der Waals surface area contributed by atoms with Gasteiger partial charge in [0, 0.05) is 30.7 Å². The molecule has 0 radical (unpaired) electrons. The average molecular weight is 215 g/mol. The lowest BCUT2D eigenvalue weighted by Crippen LogP contribution is -2.45. The van der Waals surface area contributed by atoms with Crippen molar-refractivity contribution < 1.29 is 10.2 Å². The van der Waals surface area contributed by atoms with Gasteiger partial charge < -0.3 is 15.5 Å². The van der Waals surface area contributed by atoms with E-state index in [4.69, 9.17) is 5.11 Å². The van der Waals surface area contributed by atoms with Crippen molar-refractivity contribution >= 4 is 0 Å². The molecule has 3 N–H and O–H groups in total. The van der Waals surface area contributed by atoms with E-state index in [9.17, 15) is 5.11 Å². The molecular formula is C12H25NO2. The molecule has 1 fully saturated rings. The van der Waals surface area contributed by atoms with Crippen molar-refractivity contribution in [3.8, 4) is 0 Å². The third kappa shape index (κ3) is 3.44. The van der Waals surface area contributed by atoms with E-state index in [1.165, 1.54) is 12.8 Å². The number of hydrogen-bond acceptors (Lipinski definition) is 3. The minimum atomic E-state index is 0.0630. The first-order valence-electron chi connectivity index (χ1n) is 6.10. The molecule has 90 valence electrons. The van der Waals surface area contributed by atoms with Gasteiger partial charge >= 0.3 is 0 Å². The zero-order valence-corrected chi connectivity index (χ0v) is 10.00. The summed E-state index contributed by atoms with van der Waals surface area (Å²) in [6.45, 7) is 4.87. The van der Waals surface area contributed by atoms with Crippen LogP contribution in [-0.4, -0.2) is 35.5 Å². The van der Waals surface area contributed by atoms with Crippen LogP contribution >= 0.6 is 0 Å². The minimum Gasteiger partial charge on any atom is -0.396 e. The van der Waals surface area contributed by atoms with Gasteiger partial charge in [-0.15, -0.1) is 0 Å². The maximum atomic E-state index is 9.40. The molecule has 3 heteroatoms. The molecule has 0 bridgehead atoms. The first-order valence-corrected chi connectivity index (χ1v) is 6.10. The first kappa shape index (κ1) is 12.9. The molecule has 1 aliphatic rings. The highest BCUT2D eigenvalue weighted by atomic mass is 16.3. The van der Waals surface area contributed by atoms with E-state index < -0.39 is 0 Å². The van der Waals surface area contributed by atoms with E-state index in [1.54, 1.807) is 0 Å². The smallest absolute Gasteiger partial charge is 0.0499 e. The fourth-order valence-corrected chi connectivity index (χ4v) is 2.53. The van der Waals surface area contributed by atoms with E-state index in [0.717, 1.165) is 19.3 Å². The summed E-state index contributed by atoms with van der Waals surface area (Å²) in [5.74, 6) is 0. The van der Waals surface area contributed by atoms with Crippen molar-refractivity contribution in [1.82, 2.24) is 5.32 Å². The molecule has 0 aromatic heterocycles. The summed E-state index contributed by atoms with van der Waals surface area (Å²) in [5, 5.41) is 21.7. The Hall–Kier alpha value is -0.120. The van der Waals surface area contributed by atoms with Crippen LogP contribution < -0.4 is 5.32 Å². The number of hydrogen-bond donors (Lipinski definition) is 3. The monoisotopic (exact) mass is 215 g/mol. The maximum absolute atomic E-state index is 9.40. The van der Waals surface area contributed by atoms with Crippen LogP contribution in [0.15, 0.2) is 0 Å². The average Bonchev–Trinajstić information content (AvgIpc) is 2.58. The number of rotatable bonds is 6. The fourth-order valence-electron chi connectivity index (χ4n) is 2.53. The van der Waals surface area contributed by atoms with Crippen molar-refractivity contribution in [2.45, 2.75) is 58.0 Å².